The summed E-state index contributed by atoms with van der Waals surface area (Å²) < 4.78 is 0.996. The first kappa shape index (κ1) is 16.0. The van der Waals surface area contributed by atoms with Gasteiger partial charge in [0, 0.05) is 10.2 Å². The molecule has 0 aromatic heterocycles. The lowest BCUT2D eigenvalue weighted by Gasteiger charge is -2.08. The van der Waals surface area contributed by atoms with E-state index >= 15 is 0 Å². The van der Waals surface area contributed by atoms with Crippen molar-refractivity contribution in [3.05, 3.63) is 28.2 Å². The Hall–Kier alpha value is -1.40. The summed E-state index contributed by atoms with van der Waals surface area (Å²) in [5.74, 6) is 0.354. The molecule has 0 heterocycles. The normalized spacial score (nSPS) is 13.8. The SMILES string of the molecule is Cc1cc(NC(=O)CNC(=O)CNCC2CC2)ccc1Br. The van der Waals surface area contributed by atoms with Crippen molar-refractivity contribution >= 4 is 33.4 Å². The van der Waals surface area contributed by atoms with E-state index in [0.717, 1.165) is 28.2 Å². The molecule has 2 rings (SSSR count). The molecular formula is C15H20BrN3O2. The molecule has 1 aliphatic rings. The molecule has 3 N–H and O–H groups in total. The highest BCUT2D eigenvalue weighted by molar-refractivity contribution is 9.10. The first-order valence-electron chi connectivity index (χ1n) is 7.08. The summed E-state index contributed by atoms with van der Waals surface area (Å²) >= 11 is 3.41. The third kappa shape index (κ3) is 5.85. The number of carbonyl (C=O) groups excluding carboxylic acids is 2. The minimum atomic E-state index is -0.229. The van der Waals surface area contributed by atoms with Gasteiger partial charge in [0.05, 0.1) is 13.1 Å². The maximum atomic E-state index is 11.7. The van der Waals surface area contributed by atoms with Crippen LogP contribution in [0.4, 0.5) is 5.69 Å². The average Bonchev–Trinajstić information content (AvgIpc) is 3.25. The number of benzene rings is 1. The van der Waals surface area contributed by atoms with Crippen molar-refractivity contribution in [2.24, 2.45) is 5.92 Å². The molecule has 0 radical (unpaired) electrons. The van der Waals surface area contributed by atoms with Crippen molar-refractivity contribution in [1.29, 1.82) is 0 Å². The van der Waals surface area contributed by atoms with E-state index in [0.29, 0.717) is 0 Å². The van der Waals surface area contributed by atoms with Gasteiger partial charge in [0.15, 0.2) is 0 Å². The predicted molar refractivity (Wildman–Crippen MR) is 86.1 cm³/mol. The Morgan fingerprint density at radius 2 is 2.00 bits per heavy atom. The Morgan fingerprint density at radius 1 is 1.24 bits per heavy atom. The molecule has 2 amide bonds. The maximum Gasteiger partial charge on any atom is 0.243 e. The molecule has 0 spiro atoms. The number of halogens is 1. The van der Waals surface area contributed by atoms with Crippen molar-refractivity contribution in [2.75, 3.05) is 25.0 Å². The minimum absolute atomic E-state index is 0.0148. The maximum absolute atomic E-state index is 11.7. The van der Waals surface area contributed by atoms with Crippen LogP contribution < -0.4 is 16.0 Å². The van der Waals surface area contributed by atoms with Crippen LogP contribution in [0.25, 0.3) is 0 Å². The molecule has 21 heavy (non-hydrogen) atoms. The van der Waals surface area contributed by atoms with Gasteiger partial charge in [-0.15, -0.1) is 0 Å². The zero-order valence-corrected chi connectivity index (χ0v) is 13.6. The summed E-state index contributed by atoms with van der Waals surface area (Å²) in [7, 11) is 0. The lowest BCUT2D eigenvalue weighted by atomic mass is 10.2. The van der Waals surface area contributed by atoms with Gasteiger partial charge in [0.2, 0.25) is 11.8 Å². The first-order chi connectivity index (χ1) is 10.0. The van der Waals surface area contributed by atoms with Gasteiger partial charge in [0.1, 0.15) is 0 Å². The van der Waals surface area contributed by atoms with Crippen LogP contribution in [0.1, 0.15) is 18.4 Å². The third-order valence-corrected chi connectivity index (χ3v) is 4.19. The zero-order chi connectivity index (χ0) is 15.2. The fraction of sp³-hybridized carbons (Fsp3) is 0.467. The van der Waals surface area contributed by atoms with Crippen LogP contribution in [0.5, 0.6) is 0 Å². The zero-order valence-electron chi connectivity index (χ0n) is 12.0. The Morgan fingerprint density at radius 3 is 2.67 bits per heavy atom. The molecule has 5 nitrogen and oxygen atoms in total. The molecule has 0 bridgehead atoms. The van der Waals surface area contributed by atoms with Gasteiger partial charge in [-0.05, 0) is 56.0 Å². The van der Waals surface area contributed by atoms with Crippen LogP contribution >= 0.6 is 15.9 Å². The number of amides is 2. The minimum Gasteiger partial charge on any atom is -0.346 e. The largest absolute Gasteiger partial charge is 0.346 e. The fourth-order valence-electron chi connectivity index (χ4n) is 1.88. The van der Waals surface area contributed by atoms with Gasteiger partial charge in [0.25, 0.3) is 0 Å². The van der Waals surface area contributed by atoms with Gasteiger partial charge in [-0.1, -0.05) is 15.9 Å². The molecule has 0 atom stereocenters. The van der Waals surface area contributed by atoms with Crippen molar-refractivity contribution in [1.82, 2.24) is 10.6 Å². The number of anilines is 1. The van der Waals surface area contributed by atoms with Crippen LogP contribution in [0.2, 0.25) is 0 Å². The summed E-state index contributed by atoms with van der Waals surface area (Å²) in [6.45, 7) is 3.09. The average molecular weight is 354 g/mol. The second-order valence-corrected chi connectivity index (χ2v) is 6.22. The Labute approximate surface area is 133 Å². The Kier molecular flexibility index (Phi) is 5.76. The highest BCUT2D eigenvalue weighted by Gasteiger charge is 2.20. The predicted octanol–water partition coefficient (Wildman–Crippen LogP) is 1.81. The number of aryl methyl sites for hydroxylation is 1. The Bertz CT molecular complexity index is 530. The monoisotopic (exact) mass is 353 g/mol. The van der Waals surface area contributed by atoms with Crippen molar-refractivity contribution in [2.45, 2.75) is 19.8 Å². The lowest BCUT2D eigenvalue weighted by molar-refractivity contribution is -0.123. The highest BCUT2D eigenvalue weighted by Crippen LogP contribution is 2.27. The van der Waals surface area contributed by atoms with Crippen LogP contribution in [0.3, 0.4) is 0 Å². The number of hydrogen-bond acceptors (Lipinski definition) is 3. The molecule has 1 aliphatic carbocycles. The van der Waals surface area contributed by atoms with E-state index in [9.17, 15) is 9.59 Å². The molecule has 0 saturated heterocycles. The second-order valence-electron chi connectivity index (χ2n) is 5.36. The van der Waals surface area contributed by atoms with Gasteiger partial charge >= 0.3 is 0 Å². The third-order valence-electron chi connectivity index (χ3n) is 3.30. The number of hydrogen-bond donors (Lipinski definition) is 3. The molecule has 6 heteroatoms. The first-order valence-corrected chi connectivity index (χ1v) is 7.87. The molecule has 0 unspecified atom stereocenters. The fourth-order valence-corrected chi connectivity index (χ4v) is 2.13. The summed E-state index contributed by atoms with van der Waals surface area (Å²) in [5, 5.41) is 8.44. The molecule has 114 valence electrons. The molecule has 1 aromatic rings. The highest BCUT2D eigenvalue weighted by atomic mass is 79.9. The topological polar surface area (TPSA) is 70.2 Å². The number of nitrogens with one attached hydrogen (secondary N) is 3. The van der Waals surface area contributed by atoms with E-state index in [4.69, 9.17) is 0 Å². The van der Waals surface area contributed by atoms with E-state index in [-0.39, 0.29) is 24.9 Å². The van der Waals surface area contributed by atoms with Gasteiger partial charge in [-0.25, -0.2) is 0 Å². The molecule has 0 aliphatic heterocycles. The molecule has 1 fully saturated rings. The van der Waals surface area contributed by atoms with E-state index < -0.39 is 0 Å². The van der Waals surface area contributed by atoms with E-state index in [1.807, 2.05) is 25.1 Å². The van der Waals surface area contributed by atoms with Crippen molar-refractivity contribution in [3.8, 4) is 0 Å². The summed E-state index contributed by atoms with van der Waals surface area (Å²) in [5.41, 5.74) is 1.77. The van der Waals surface area contributed by atoms with Crippen LogP contribution in [-0.2, 0) is 9.59 Å². The van der Waals surface area contributed by atoms with E-state index in [1.165, 1.54) is 12.8 Å². The quantitative estimate of drug-likeness (QED) is 0.700. The Balaban J connectivity index is 1.66. The lowest BCUT2D eigenvalue weighted by Crippen LogP contribution is -2.38. The number of rotatable bonds is 7. The van der Waals surface area contributed by atoms with Gasteiger partial charge in [-0.3, -0.25) is 9.59 Å². The van der Waals surface area contributed by atoms with Gasteiger partial charge < -0.3 is 16.0 Å². The molecule has 1 aromatic carbocycles. The molecular weight excluding hydrogens is 334 g/mol. The smallest absolute Gasteiger partial charge is 0.243 e. The van der Waals surface area contributed by atoms with Crippen molar-refractivity contribution in [3.63, 3.8) is 0 Å². The summed E-state index contributed by atoms with van der Waals surface area (Å²) in [4.78, 5) is 23.3. The molecule has 1 saturated carbocycles. The van der Waals surface area contributed by atoms with Crippen LogP contribution in [-0.4, -0.2) is 31.4 Å². The summed E-state index contributed by atoms with van der Waals surface area (Å²) in [6, 6.07) is 5.57. The van der Waals surface area contributed by atoms with Crippen LogP contribution in [0, 0.1) is 12.8 Å². The standard InChI is InChI=1S/C15H20BrN3O2/c1-10-6-12(4-5-13(10)16)19-15(21)9-18-14(20)8-17-7-11-2-3-11/h4-6,11,17H,2-3,7-9H2,1H3,(H,18,20)(H,19,21). The van der Waals surface area contributed by atoms with Crippen LogP contribution in [0.15, 0.2) is 22.7 Å². The number of carbonyl (C=O) groups is 2. The van der Waals surface area contributed by atoms with E-state index in [1.54, 1.807) is 0 Å². The second kappa shape index (κ2) is 7.56. The van der Waals surface area contributed by atoms with Crippen molar-refractivity contribution < 1.29 is 9.59 Å². The van der Waals surface area contributed by atoms with Gasteiger partial charge in [-0.2, -0.15) is 0 Å². The van der Waals surface area contributed by atoms with E-state index in [2.05, 4.69) is 31.9 Å². The summed E-state index contributed by atoms with van der Waals surface area (Å²) in [6.07, 6.45) is 2.51.